The van der Waals surface area contributed by atoms with Crippen molar-refractivity contribution in [2.45, 2.75) is 6.92 Å². The van der Waals surface area contributed by atoms with Crippen molar-refractivity contribution in [3.8, 4) is 28.2 Å². The molecule has 2 aromatic rings. The van der Waals surface area contributed by atoms with E-state index in [1.165, 1.54) is 0 Å². The van der Waals surface area contributed by atoms with Crippen LogP contribution < -0.4 is 5.43 Å². The Morgan fingerprint density at radius 3 is 2.33 bits per heavy atom. The van der Waals surface area contributed by atoms with E-state index in [-0.39, 0.29) is 11.2 Å². The molecule has 0 saturated carbocycles. The molecule has 0 saturated heterocycles. The Morgan fingerprint density at radius 1 is 0.926 bits per heavy atom. The van der Waals surface area contributed by atoms with E-state index in [0.29, 0.717) is 22.1 Å². The number of benzene rings is 3. The fraction of sp³-hybridized carbons (Fsp3) is 0.0500. The zero-order chi connectivity index (χ0) is 19.5. The Hall–Kier alpha value is -0.150. The largest absolute Gasteiger partial charge is 0.506 e. The summed E-state index contributed by atoms with van der Waals surface area (Å²) in [6.07, 6.45) is 0. The number of aryl methyl sites for hydroxylation is 1. The lowest BCUT2D eigenvalue weighted by Gasteiger charge is -2.19. The van der Waals surface area contributed by atoms with E-state index < -0.39 is 0 Å². The summed E-state index contributed by atoms with van der Waals surface area (Å²) >= 11 is 8.38. The van der Waals surface area contributed by atoms with E-state index in [4.69, 9.17) is 4.42 Å². The number of aromatic hydroxyl groups is 1. The highest BCUT2D eigenvalue weighted by atomic mass is 127. The second kappa shape index (κ2) is 7.59. The number of fused-ring (bicyclic) bond motifs is 2. The van der Waals surface area contributed by atoms with Crippen molar-refractivity contribution in [3.05, 3.63) is 66.5 Å². The van der Waals surface area contributed by atoms with Crippen molar-refractivity contribution in [3.63, 3.8) is 0 Å². The second-order valence-corrected chi connectivity index (χ2v) is 10.5. The average molecular weight is 806 g/mol. The molecule has 27 heavy (non-hydrogen) atoms. The zero-order valence-corrected chi connectivity index (χ0v) is 22.4. The molecule has 2 aliphatic rings. The summed E-state index contributed by atoms with van der Waals surface area (Å²) in [5.41, 5.74) is 4.72. The third-order valence-electron chi connectivity index (χ3n) is 4.44. The van der Waals surface area contributed by atoms with E-state index in [0.717, 1.165) is 31.2 Å². The fourth-order valence-electron chi connectivity index (χ4n) is 3.14. The Morgan fingerprint density at radius 2 is 1.63 bits per heavy atom. The predicted molar refractivity (Wildman–Crippen MR) is 142 cm³/mol. The minimum absolute atomic E-state index is 0.0349. The highest BCUT2D eigenvalue weighted by molar-refractivity contribution is 14.1. The van der Waals surface area contributed by atoms with Gasteiger partial charge in [0.25, 0.3) is 0 Å². The van der Waals surface area contributed by atoms with E-state index in [1.807, 2.05) is 24.3 Å². The molecule has 0 aromatic heterocycles. The Balaban J connectivity index is 2.34. The van der Waals surface area contributed by atoms with Crippen LogP contribution in [-0.2, 0) is 0 Å². The lowest BCUT2D eigenvalue weighted by molar-refractivity contribution is 0.466. The first-order valence-corrected chi connectivity index (χ1v) is 12.1. The fourth-order valence-corrected chi connectivity index (χ4v) is 6.71. The van der Waals surface area contributed by atoms with Crippen LogP contribution in [0.1, 0.15) is 5.56 Å². The molecule has 0 atom stereocenters. The molecule has 7 heteroatoms. The van der Waals surface area contributed by atoms with E-state index in [9.17, 15) is 9.90 Å². The van der Waals surface area contributed by atoms with Gasteiger partial charge in [-0.1, -0.05) is 24.3 Å². The number of phenolic OH excluding ortho intramolecular Hbond substituents is 1. The number of phenols is 1. The zero-order valence-electron chi connectivity index (χ0n) is 13.7. The number of rotatable bonds is 1. The summed E-state index contributed by atoms with van der Waals surface area (Å²) in [6, 6.07) is 12.0. The third kappa shape index (κ3) is 3.29. The molecule has 0 amide bonds. The number of hydrogen-bond acceptors (Lipinski definition) is 3. The molecule has 1 aliphatic heterocycles. The molecule has 136 valence electrons. The maximum atomic E-state index is 12.5. The van der Waals surface area contributed by atoms with Gasteiger partial charge in [0.05, 0.1) is 10.7 Å². The summed E-state index contributed by atoms with van der Waals surface area (Å²) < 4.78 is 8.83. The first kappa shape index (κ1) is 20.1. The van der Waals surface area contributed by atoms with E-state index >= 15 is 0 Å². The lowest BCUT2D eigenvalue weighted by Crippen LogP contribution is -2.12. The van der Waals surface area contributed by atoms with Crippen LogP contribution in [0.25, 0.3) is 33.4 Å². The van der Waals surface area contributed by atoms with Crippen LogP contribution in [0.3, 0.4) is 0 Å². The van der Waals surface area contributed by atoms with Crippen molar-refractivity contribution in [1.29, 1.82) is 0 Å². The van der Waals surface area contributed by atoms with Crippen molar-refractivity contribution in [2.75, 3.05) is 0 Å². The number of halogens is 4. The SMILES string of the molecule is Cc1ccccc1-c1c2cc(I)c(=O)c(I)c-2oc2c(I)c(O)c(I)cc12. The normalized spacial score (nSPS) is 11.4. The summed E-state index contributed by atoms with van der Waals surface area (Å²) in [5, 5.41) is 11.3. The van der Waals surface area contributed by atoms with Gasteiger partial charge in [-0.15, -0.1) is 0 Å². The van der Waals surface area contributed by atoms with Gasteiger partial charge in [-0.05, 0) is 121 Å². The molecule has 1 heterocycles. The van der Waals surface area contributed by atoms with Gasteiger partial charge in [-0.2, -0.15) is 0 Å². The summed E-state index contributed by atoms with van der Waals surface area (Å²) in [6.45, 7) is 2.07. The lowest BCUT2D eigenvalue weighted by atomic mass is 9.91. The van der Waals surface area contributed by atoms with Gasteiger partial charge in [0.15, 0.2) is 11.3 Å². The molecule has 3 nitrogen and oxygen atoms in total. The second-order valence-electron chi connectivity index (χ2n) is 6.07. The predicted octanol–water partition coefficient (Wildman–Crippen LogP) is 7.00. The van der Waals surface area contributed by atoms with Gasteiger partial charge in [0.1, 0.15) is 9.32 Å². The number of hydrogen-bond donors (Lipinski definition) is 1. The van der Waals surface area contributed by atoms with E-state index in [1.54, 1.807) is 0 Å². The Kier molecular flexibility index (Phi) is 5.66. The van der Waals surface area contributed by atoms with E-state index in [2.05, 4.69) is 109 Å². The molecule has 2 aromatic carbocycles. The Bertz CT molecular complexity index is 1260. The molecule has 4 rings (SSSR count). The van der Waals surface area contributed by atoms with Crippen LogP contribution in [0.15, 0.2) is 45.6 Å². The summed E-state index contributed by atoms with van der Waals surface area (Å²) in [7, 11) is 0. The minimum atomic E-state index is -0.0349. The van der Waals surface area contributed by atoms with Crippen LogP contribution >= 0.6 is 90.4 Å². The smallest absolute Gasteiger partial charge is 0.209 e. The first-order chi connectivity index (χ1) is 12.8. The molecule has 1 N–H and O–H groups in total. The monoisotopic (exact) mass is 806 g/mol. The summed E-state index contributed by atoms with van der Waals surface area (Å²) in [4.78, 5) is 12.5. The van der Waals surface area contributed by atoms with Gasteiger partial charge in [0, 0.05) is 16.5 Å². The first-order valence-electron chi connectivity index (χ1n) is 7.82. The van der Waals surface area contributed by atoms with Crippen LogP contribution in [0.5, 0.6) is 5.75 Å². The van der Waals surface area contributed by atoms with Crippen molar-refractivity contribution >= 4 is 101 Å². The van der Waals surface area contributed by atoms with Gasteiger partial charge >= 0.3 is 0 Å². The van der Waals surface area contributed by atoms with Crippen LogP contribution in [0.4, 0.5) is 0 Å². The third-order valence-corrected chi connectivity index (χ3v) is 8.04. The minimum Gasteiger partial charge on any atom is -0.506 e. The maximum absolute atomic E-state index is 12.5. The Labute approximate surface area is 209 Å². The molecule has 1 aliphatic carbocycles. The molecular formula is C20H10I4O3. The van der Waals surface area contributed by atoms with Crippen molar-refractivity contribution in [2.24, 2.45) is 0 Å². The van der Waals surface area contributed by atoms with Crippen LogP contribution in [0.2, 0.25) is 0 Å². The molecular weight excluding hydrogens is 796 g/mol. The van der Waals surface area contributed by atoms with Crippen LogP contribution in [-0.4, -0.2) is 5.11 Å². The molecule has 0 bridgehead atoms. The molecule has 0 spiro atoms. The van der Waals surface area contributed by atoms with Crippen molar-refractivity contribution in [1.82, 2.24) is 0 Å². The average Bonchev–Trinajstić information content (AvgIpc) is 2.64. The van der Waals surface area contributed by atoms with Gasteiger partial charge in [0.2, 0.25) is 5.43 Å². The highest BCUT2D eigenvalue weighted by Crippen LogP contribution is 2.46. The maximum Gasteiger partial charge on any atom is 0.209 e. The topological polar surface area (TPSA) is 50.4 Å². The van der Waals surface area contributed by atoms with Crippen LogP contribution in [0, 0.1) is 21.2 Å². The standard InChI is InChI=1S/C20H10I4O3/c1-8-4-2-3-5-9(8)14-10-6-12(21)17(25)15(23)19(10)27-20-11(14)7-13(22)18(26)16(20)24/h2-7,25H,1H3. The van der Waals surface area contributed by atoms with Gasteiger partial charge < -0.3 is 9.52 Å². The van der Waals surface area contributed by atoms with Gasteiger partial charge in [-0.25, -0.2) is 0 Å². The summed E-state index contributed by atoms with van der Waals surface area (Å²) in [5.74, 6) is 0.760. The quantitative estimate of drug-likeness (QED) is 0.167. The van der Waals surface area contributed by atoms with Gasteiger partial charge in [-0.3, -0.25) is 4.79 Å². The molecule has 0 fully saturated rings. The highest BCUT2D eigenvalue weighted by Gasteiger charge is 2.25. The molecule has 0 unspecified atom stereocenters. The molecule has 0 radical (unpaired) electrons. The van der Waals surface area contributed by atoms with Crippen molar-refractivity contribution < 1.29 is 9.52 Å².